The lowest BCUT2D eigenvalue weighted by Gasteiger charge is -2.02. The van der Waals surface area contributed by atoms with Gasteiger partial charge in [-0.3, -0.25) is 0 Å². The van der Waals surface area contributed by atoms with E-state index in [1.54, 1.807) is 48.5 Å². The summed E-state index contributed by atoms with van der Waals surface area (Å²) in [6.07, 6.45) is 0. The average molecular weight is 258 g/mol. The Morgan fingerprint density at radius 2 is 1.58 bits per heavy atom. The van der Waals surface area contributed by atoms with Gasteiger partial charge >= 0.3 is 0 Å². The fraction of sp³-hybridized carbons (Fsp3) is 0.143. The quantitative estimate of drug-likeness (QED) is 0.502. The molecule has 0 unspecified atom stereocenters. The van der Waals surface area contributed by atoms with E-state index in [1.807, 2.05) is 0 Å². The van der Waals surface area contributed by atoms with Gasteiger partial charge in [-0.2, -0.15) is 0 Å². The molecule has 0 fully saturated rings. The van der Waals surface area contributed by atoms with Gasteiger partial charge in [0.2, 0.25) is 5.69 Å². The summed E-state index contributed by atoms with van der Waals surface area (Å²) in [5.41, 5.74) is 2.16. The molecule has 0 aliphatic heterocycles. The van der Waals surface area contributed by atoms with Crippen LogP contribution in [0.4, 0.5) is 11.4 Å². The maximum absolute atomic E-state index is 11.9. The molecule has 0 amide bonds. The zero-order valence-corrected chi connectivity index (χ0v) is 10.2. The Kier molecular flexibility index (Phi) is 4.22. The Morgan fingerprint density at radius 3 is 2.26 bits per heavy atom. The number of hydrogen-bond acceptors (Lipinski definition) is 4. The van der Waals surface area contributed by atoms with Crippen molar-refractivity contribution in [3.63, 3.8) is 0 Å². The van der Waals surface area contributed by atoms with E-state index in [1.165, 1.54) is 0 Å². The van der Waals surface area contributed by atoms with Crippen molar-refractivity contribution >= 4 is 11.4 Å². The van der Waals surface area contributed by atoms with E-state index in [-0.39, 0.29) is 13.2 Å². The molecule has 0 aliphatic rings. The number of aliphatic hydroxyl groups is 2. The zero-order valence-electron chi connectivity index (χ0n) is 10.2. The van der Waals surface area contributed by atoms with Crippen LogP contribution in [0.1, 0.15) is 11.1 Å². The third-order valence-electron chi connectivity index (χ3n) is 2.61. The van der Waals surface area contributed by atoms with Gasteiger partial charge in [-0.05, 0) is 23.3 Å². The van der Waals surface area contributed by atoms with Gasteiger partial charge in [0, 0.05) is 17.2 Å². The summed E-state index contributed by atoms with van der Waals surface area (Å²) in [6.45, 7) is -0.218. The second-order valence-electron chi connectivity index (χ2n) is 4.03. The molecule has 0 aliphatic carbocycles. The molecule has 0 heterocycles. The highest BCUT2D eigenvalue weighted by atomic mass is 16.5. The summed E-state index contributed by atoms with van der Waals surface area (Å²) < 4.78 is 0. The van der Waals surface area contributed by atoms with Crippen molar-refractivity contribution in [2.75, 3.05) is 0 Å². The van der Waals surface area contributed by atoms with Crippen LogP contribution in [0.3, 0.4) is 0 Å². The Balaban J connectivity index is 2.30. The maximum atomic E-state index is 11.9. The number of benzene rings is 2. The highest BCUT2D eigenvalue weighted by molar-refractivity contribution is 5.39. The molecule has 2 rings (SSSR count). The van der Waals surface area contributed by atoms with Crippen LogP contribution in [0.5, 0.6) is 0 Å². The van der Waals surface area contributed by atoms with Crippen LogP contribution >= 0.6 is 0 Å². The molecule has 0 bridgehead atoms. The van der Waals surface area contributed by atoms with Gasteiger partial charge in [-0.25, -0.2) is 0 Å². The molecule has 2 aromatic carbocycles. The predicted molar refractivity (Wildman–Crippen MR) is 70.1 cm³/mol. The molecule has 2 N–H and O–H groups in total. The molecule has 0 aromatic heterocycles. The van der Waals surface area contributed by atoms with Gasteiger partial charge in [0.15, 0.2) is 0 Å². The molecule has 98 valence electrons. The minimum atomic E-state index is -0.123. The van der Waals surface area contributed by atoms with E-state index in [4.69, 9.17) is 10.2 Å². The number of rotatable bonds is 4. The van der Waals surface area contributed by atoms with Crippen molar-refractivity contribution in [1.29, 1.82) is 0 Å². The zero-order chi connectivity index (χ0) is 13.7. The highest BCUT2D eigenvalue weighted by Gasteiger charge is 2.05. The monoisotopic (exact) mass is 258 g/mol. The van der Waals surface area contributed by atoms with E-state index in [0.29, 0.717) is 27.4 Å². The van der Waals surface area contributed by atoms with Gasteiger partial charge in [-0.1, -0.05) is 29.1 Å². The summed E-state index contributed by atoms with van der Waals surface area (Å²) in [7, 11) is 0. The van der Waals surface area contributed by atoms with Gasteiger partial charge in [0.25, 0.3) is 0 Å². The summed E-state index contributed by atoms with van der Waals surface area (Å²) in [4.78, 5) is 0.496. The smallest absolute Gasteiger partial charge is 0.245 e. The minimum absolute atomic E-state index is 0.0950. The standard InChI is InChI=1S/C14H14N2O3/c17-9-11-3-1-5-13(7-11)15-16(19)14-6-2-4-12(8-14)10-18/h1-8,17-18H,9-10H2. The Labute approximate surface area is 110 Å². The molecular formula is C14H14N2O3. The number of hydrogen-bond donors (Lipinski definition) is 2. The molecule has 5 nitrogen and oxygen atoms in total. The van der Waals surface area contributed by atoms with Crippen molar-refractivity contribution in [1.82, 2.24) is 0 Å². The Hall–Kier alpha value is -2.24. The maximum Gasteiger partial charge on any atom is 0.245 e. The summed E-state index contributed by atoms with van der Waals surface area (Å²) in [6, 6.07) is 13.4. The van der Waals surface area contributed by atoms with Gasteiger partial charge < -0.3 is 15.4 Å². The van der Waals surface area contributed by atoms with Crippen LogP contribution in [0, 0.1) is 5.21 Å². The molecule has 0 atom stereocenters. The van der Waals surface area contributed by atoms with E-state index in [0.717, 1.165) is 0 Å². The van der Waals surface area contributed by atoms with Crippen LogP contribution < -0.4 is 0 Å². The molecule has 5 heteroatoms. The normalized spacial score (nSPS) is 11.6. The SMILES string of the molecule is [O-][N+](=Nc1cccc(CO)c1)c1cccc(CO)c1. The van der Waals surface area contributed by atoms with Gasteiger partial charge in [-0.15, -0.1) is 0 Å². The first-order valence-electron chi connectivity index (χ1n) is 5.81. The number of aliphatic hydroxyl groups excluding tert-OH is 2. The lowest BCUT2D eigenvalue weighted by Crippen LogP contribution is -1.92. The van der Waals surface area contributed by atoms with Crippen LogP contribution in [0.15, 0.2) is 53.6 Å². The third-order valence-corrected chi connectivity index (χ3v) is 2.61. The molecule has 0 spiro atoms. The fourth-order valence-electron chi connectivity index (χ4n) is 1.65. The van der Waals surface area contributed by atoms with Crippen molar-refractivity contribution in [3.8, 4) is 0 Å². The Bertz CT molecular complexity index is 597. The lowest BCUT2D eigenvalue weighted by atomic mass is 10.2. The van der Waals surface area contributed by atoms with Crippen LogP contribution in [0.2, 0.25) is 0 Å². The second-order valence-corrected chi connectivity index (χ2v) is 4.03. The molecule has 19 heavy (non-hydrogen) atoms. The minimum Gasteiger partial charge on any atom is -0.594 e. The number of azo groups is 1. The van der Waals surface area contributed by atoms with E-state index in [9.17, 15) is 5.21 Å². The van der Waals surface area contributed by atoms with Crippen LogP contribution in [-0.4, -0.2) is 15.1 Å². The first-order chi connectivity index (χ1) is 9.22. The topological polar surface area (TPSA) is 78.9 Å². The van der Waals surface area contributed by atoms with Crippen LogP contribution in [-0.2, 0) is 13.2 Å². The fourth-order valence-corrected chi connectivity index (χ4v) is 1.65. The molecule has 2 aromatic rings. The van der Waals surface area contributed by atoms with Crippen molar-refractivity contribution in [2.24, 2.45) is 5.11 Å². The van der Waals surface area contributed by atoms with E-state index < -0.39 is 0 Å². The third kappa shape index (κ3) is 3.37. The molecule has 0 radical (unpaired) electrons. The predicted octanol–water partition coefficient (Wildman–Crippen LogP) is 2.60. The molecule has 0 saturated carbocycles. The first-order valence-corrected chi connectivity index (χ1v) is 5.81. The second kappa shape index (κ2) is 6.08. The van der Waals surface area contributed by atoms with Gasteiger partial charge in [0.1, 0.15) is 5.69 Å². The molecule has 0 saturated heterocycles. The number of nitrogens with zero attached hydrogens (tertiary/aromatic N) is 2. The first kappa shape index (κ1) is 13.2. The largest absolute Gasteiger partial charge is 0.594 e. The highest BCUT2D eigenvalue weighted by Crippen LogP contribution is 2.19. The van der Waals surface area contributed by atoms with Gasteiger partial charge in [0.05, 0.1) is 13.2 Å². The van der Waals surface area contributed by atoms with Crippen molar-refractivity contribution in [2.45, 2.75) is 13.2 Å². The summed E-state index contributed by atoms with van der Waals surface area (Å²) >= 11 is 0. The average Bonchev–Trinajstić information content (AvgIpc) is 2.47. The lowest BCUT2D eigenvalue weighted by molar-refractivity contribution is -0.435. The Morgan fingerprint density at radius 1 is 0.947 bits per heavy atom. The van der Waals surface area contributed by atoms with Crippen molar-refractivity contribution < 1.29 is 15.1 Å². The van der Waals surface area contributed by atoms with E-state index >= 15 is 0 Å². The molecular weight excluding hydrogens is 244 g/mol. The van der Waals surface area contributed by atoms with E-state index in [2.05, 4.69) is 5.11 Å². The van der Waals surface area contributed by atoms with Crippen molar-refractivity contribution in [3.05, 3.63) is 64.9 Å². The summed E-state index contributed by atoms with van der Waals surface area (Å²) in [5, 5.41) is 33.8. The van der Waals surface area contributed by atoms with Crippen LogP contribution in [0.25, 0.3) is 0 Å². The summed E-state index contributed by atoms with van der Waals surface area (Å²) in [5.74, 6) is 0.